The summed E-state index contributed by atoms with van der Waals surface area (Å²) >= 11 is 0. The van der Waals surface area contributed by atoms with Gasteiger partial charge in [-0.25, -0.2) is 5.01 Å². The summed E-state index contributed by atoms with van der Waals surface area (Å²) < 4.78 is 0. The molecule has 1 aromatic carbocycles. The van der Waals surface area contributed by atoms with Crippen molar-refractivity contribution in [2.24, 2.45) is 17.1 Å². The van der Waals surface area contributed by atoms with Crippen molar-refractivity contribution in [3.05, 3.63) is 47.5 Å². The van der Waals surface area contributed by atoms with Gasteiger partial charge in [0.15, 0.2) is 0 Å². The van der Waals surface area contributed by atoms with Crippen LogP contribution >= 0.6 is 0 Å². The Morgan fingerprint density at radius 2 is 1.96 bits per heavy atom. The number of hydrogen-bond acceptors (Lipinski definition) is 3. The minimum atomic E-state index is -0.479. The SMILES string of the molecule is C=C1C(=O)N(Cc2ccccc2C(N)=O)N(C)[C@]2(C)CC[C@H]1C2(C)C. The molecular weight excluding hydrogens is 314 g/mol. The zero-order valence-electron chi connectivity index (χ0n) is 15.5. The van der Waals surface area contributed by atoms with Crippen LogP contribution in [-0.4, -0.2) is 34.4 Å². The Kier molecular flexibility index (Phi) is 4.03. The van der Waals surface area contributed by atoms with E-state index in [0.717, 1.165) is 18.4 Å². The van der Waals surface area contributed by atoms with Crippen LogP contribution in [0.3, 0.4) is 0 Å². The van der Waals surface area contributed by atoms with Gasteiger partial charge < -0.3 is 5.73 Å². The second-order valence-corrected chi connectivity index (χ2v) is 8.02. The lowest BCUT2D eigenvalue weighted by Gasteiger charge is -2.48. The first-order chi connectivity index (χ1) is 11.6. The molecule has 25 heavy (non-hydrogen) atoms. The maximum atomic E-state index is 13.1. The third kappa shape index (κ3) is 2.41. The van der Waals surface area contributed by atoms with E-state index in [4.69, 9.17) is 5.73 Å². The van der Waals surface area contributed by atoms with E-state index >= 15 is 0 Å². The van der Waals surface area contributed by atoms with Gasteiger partial charge >= 0.3 is 0 Å². The molecule has 5 heteroatoms. The fraction of sp³-hybridized carbons (Fsp3) is 0.500. The number of nitrogens with zero attached hydrogens (tertiary/aromatic N) is 2. The molecule has 5 nitrogen and oxygen atoms in total. The van der Waals surface area contributed by atoms with E-state index in [9.17, 15) is 9.59 Å². The summed E-state index contributed by atoms with van der Waals surface area (Å²) in [5, 5.41) is 3.79. The Hall–Kier alpha value is -2.14. The lowest BCUT2D eigenvalue weighted by atomic mass is 9.69. The summed E-state index contributed by atoms with van der Waals surface area (Å²) in [6.07, 6.45) is 1.98. The third-order valence-electron chi connectivity index (χ3n) is 6.79. The minimum Gasteiger partial charge on any atom is -0.366 e. The summed E-state index contributed by atoms with van der Waals surface area (Å²) in [6, 6.07) is 7.19. The molecule has 0 radical (unpaired) electrons. The normalized spacial score (nSPS) is 29.0. The van der Waals surface area contributed by atoms with Gasteiger partial charge in [0.1, 0.15) is 0 Å². The van der Waals surface area contributed by atoms with Crippen molar-refractivity contribution in [3.63, 3.8) is 0 Å². The first-order valence-electron chi connectivity index (χ1n) is 8.73. The first-order valence-corrected chi connectivity index (χ1v) is 8.73. The first kappa shape index (κ1) is 17.7. The molecule has 2 amide bonds. The Bertz CT molecular complexity index is 755. The summed E-state index contributed by atoms with van der Waals surface area (Å²) in [5.41, 5.74) is 7.15. The molecule has 1 aliphatic carbocycles. The number of fused-ring (bicyclic) bond motifs is 2. The molecular formula is C20H27N3O2. The lowest BCUT2D eigenvalue weighted by Crippen LogP contribution is -2.58. The van der Waals surface area contributed by atoms with Gasteiger partial charge in [0.2, 0.25) is 5.91 Å². The molecule has 2 fully saturated rings. The minimum absolute atomic E-state index is 0.0630. The highest BCUT2D eigenvalue weighted by Gasteiger charge is 2.59. The highest BCUT2D eigenvalue weighted by Crippen LogP contribution is 2.57. The quantitative estimate of drug-likeness (QED) is 0.860. The predicted molar refractivity (Wildman–Crippen MR) is 97.3 cm³/mol. The van der Waals surface area contributed by atoms with Crippen LogP contribution in [-0.2, 0) is 11.3 Å². The molecule has 2 bridgehead atoms. The van der Waals surface area contributed by atoms with E-state index in [1.165, 1.54) is 0 Å². The van der Waals surface area contributed by atoms with Gasteiger partial charge in [0.25, 0.3) is 5.91 Å². The van der Waals surface area contributed by atoms with Crippen LogP contribution in [0.4, 0.5) is 0 Å². The van der Waals surface area contributed by atoms with Crippen LogP contribution < -0.4 is 5.73 Å². The maximum absolute atomic E-state index is 13.1. The molecule has 2 N–H and O–H groups in total. The van der Waals surface area contributed by atoms with Crippen LogP contribution in [0.2, 0.25) is 0 Å². The molecule has 0 unspecified atom stereocenters. The Balaban J connectivity index is 2.04. The van der Waals surface area contributed by atoms with Gasteiger partial charge in [-0.2, -0.15) is 0 Å². The Morgan fingerprint density at radius 1 is 1.32 bits per heavy atom. The number of amides is 2. The molecule has 1 aromatic rings. The molecule has 2 atom stereocenters. The molecule has 3 rings (SSSR count). The van der Waals surface area contributed by atoms with Crippen LogP contribution in [0, 0.1) is 11.3 Å². The number of hydrogen-bond donors (Lipinski definition) is 1. The largest absolute Gasteiger partial charge is 0.366 e. The molecule has 1 saturated heterocycles. The van der Waals surface area contributed by atoms with E-state index in [0.29, 0.717) is 17.7 Å². The molecule has 1 heterocycles. The second kappa shape index (κ2) is 5.70. The monoisotopic (exact) mass is 341 g/mol. The van der Waals surface area contributed by atoms with Gasteiger partial charge in [-0.3, -0.25) is 14.6 Å². The van der Waals surface area contributed by atoms with E-state index in [1.807, 2.05) is 19.2 Å². The average molecular weight is 341 g/mol. The zero-order chi connectivity index (χ0) is 18.6. The summed E-state index contributed by atoms with van der Waals surface area (Å²) in [7, 11) is 1.97. The predicted octanol–water partition coefficient (Wildman–Crippen LogP) is 2.73. The van der Waals surface area contributed by atoms with Crippen LogP contribution in [0.15, 0.2) is 36.4 Å². The Labute approximate surface area is 149 Å². The third-order valence-corrected chi connectivity index (χ3v) is 6.79. The zero-order valence-corrected chi connectivity index (χ0v) is 15.5. The van der Waals surface area contributed by atoms with Crippen molar-refractivity contribution in [2.75, 3.05) is 7.05 Å². The lowest BCUT2D eigenvalue weighted by molar-refractivity contribution is -0.159. The van der Waals surface area contributed by atoms with E-state index in [-0.39, 0.29) is 22.8 Å². The number of hydrazine groups is 1. The second-order valence-electron chi connectivity index (χ2n) is 8.02. The van der Waals surface area contributed by atoms with Crippen LogP contribution in [0.5, 0.6) is 0 Å². The number of carbonyl (C=O) groups excluding carboxylic acids is 2. The van der Waals surface area contributed by atoms with Crippen molar-refractivity contribution in [3.8, 4) is 0 Å². The van der Waals surface area contributed by atoms with Crippen LogP contribution in [0.25, 0.3) is 0 Å². The van der Waals surface area contributed by atoms with Crippen molar-refractivity contribution in [1.82, 2.24) is 10.0 Å². The highest BCUT2D eigenvalue weighted by atomic mass is 16.2. The average Bonchev–Trinajstić information content (AvgIpc) is 2.80. The van der Waals surface area contributed by atoms with E-state index < -0.39 is 5.91 Å². The van der Waals surface area contributed by atoms with Crippen molar-refractivity contribution in [2.45, 2.75) is 45.7 Å². The number of nitrogens with two attached hydrogens (primary N) is 1. The van der Waals surface area contributed by atoms with Crippen LogP contribution in [0.1, 0.15) is 49.5 Å². The molecule has 0 spiro atoms. The van der Waals surface area contributed by atoms with Gasteiger partial charge in [-0.05, 0) is 42.7 Å². The van der Waals surface area contributed by atoms with Gasteiger partial charge in [0, 0.05) is 23.7 Å². The van der Waals surface area contributed by atoms with Gasteiger partial charge in [-0.1, -0.05) is 38.6 Å². The van der Waals surface area contributed by atoms with Crippen molar-refractivity contribution >= 4 is 11.8 Å². The fourth-order valence-corrected chi connectivity index (χ4v) is 4.63. The summed E-state index contributed by atoms with van der Waals surface area (Å²) in [6.45, 7) is 11.1. The van der Waals surface area contributed by atoms with Gasteiger partial charge in [0.05, 0.1) is 6.54 Å². The topological polar surface area (TPSA) is 66.6 Å². The van der Waals surface area contributed by atoms with Crippen molar-refractivity contribution in [1.29, 1.82) is 0 Å². The van der Waals surface area contributed by atoms with Gasteiger partial charge in [-0.15, -0.1) is 0 Å². The fourth-order valence-electron chi connectivity index (χ4n) is 4.63. The summed E-state index contributed by atoms with van der Waals surface area (Å²) in [5.74, 6) is -0.375. The number of benzene rings is 1. The highest BCUT2D eigenvalue weighted by molar-refractivity contribution is 5.95. The standard InChI is InChI=1S/C20H27N3O2/c1-13-16-10-11-20(4,19(16,2)3)22(5)23(18(13)25)12-14-8-6-7-9-15(14)17(21)24/h6-9,16H,1,10-12H2,2-5H3,(H2,21,24)/t16-,20-/m1/s1. The van der Waals surface area contributed by atoms with E-state index in [1.54, 1.807) is 17.1 Å². The van der Waals surface area contributed by atoms with E-state index in [2.05, 4.69) is 32.4 Å². The molecule has 1 aliphatic heterocycles. The molecule has 0 aromatic heterocycles. The summed E-state index contributed by atoms with van der Waals surface area (Å²) in [4.78, 5) is 24.9. The Morgan fingerprint density at radius 3 is 2.60 bits per heavy atom. The molecule has 134 valence electrons. The molecule has 1 saturated carbocycles. The smallest absolute Gasteiger partial charge is 0.264 e. The maximum Gasteiger partial charge on any atom is 0.264 e. The number of primary amides is 1. The van der Waals surface area contributed by atoms with Crippen molar-refractivity contribution < 1.29 is 9.59 Å². The number of rotatable bonds is 3. The number of carbonyl (C=O) groups is 2. The molecule has 2 aliphatic rings.